The van der Waals surface area contributed by atoms with Crippen molar-refractivity contribution in [2.75, 3.05) is 25.4 Å². The van der Waals surface area contributed by atoms with Crippen molar-refractivity contribution in [2.45, 2.75) is 31.1 Å². The first-order valence-electron chi connectivity index (χ1n) is 7.94. The zero-order valence-corrected chi connectivity index (χ0v) is 13.5. The van der Waals surface area contributed by atoms with E-state index in [-0.39, 0.29) is 16.6 Å². The van der Waals surface area contributed by atoms with E-state index in [0.29, 0.717) is 19.5 Å². The number of amides is 2. The molecule has 1 aliphatic carbocycles. The number of benzene rings is 1. The van der Waals surface area contributed by atoms with Gasteiger partial charge in [0.15, 0.2) is 0 Å². The predicted octanol–water partition coefficient (Wildman–Crippen LogP) is 2.78. The molecular formula is C17H22N2O2S. The molecule has 1 aliphatic heterocycles. The minimum Gasteiger partial charge on any atom is -0.355 e. The molecule has 4 nitrogen and oxygen atoms in total. The van der Waals surface area contributed by atoms with Gasteiger partial charge < -0.3 is 10.2 Å². The topological polar surface area (TPSA) is 49.4 Å². The van der Waals surface area contributed by atoms with Gasteiger partial charge in [0, 0.05) is 37.2 Å². The molecule has 22 heavy (non-hydrogen) atoms. The van der Waals surface area contributed by atoms with Crippen LogP contribution in [-0.2, 0) is 10.2 Å². The molecule has 2 amide bonds. The van der Waals surface area contributed by atoms with Crippen LogP contribution in [0.2, 0.25) is 0 Å². The maximum Gasteiger partial charge on any atom is 0.281 e. The van der Waals surface area contributed by atoms with Crippen LogP contribution < -0.4 is 5.32 Å². The summed E-state index contributed by atoms with van der Waals surface area (Å²) in [5.74, 6) is 0.893. The quantitative estimate of drug-likeness (QED) is 0.877. The van der Waals surface area contributed by atoms with Crippen LogP contribution in [-0.4, -0.2) is 41.4 Å². The molecule has 1 aromatic rings. The monoisotopic (exact) mass is 318 g/mol. The number of nitrogens with one attached hydrogen (secondary N) is 1. The number of hydrogen-bond acceptors (Lipinski definition) is 3. The summed E-state index contributed by atoms with van der Waals surface area (Å²) in [6.45, 7) is 2.01. The first-order chi connectivity index (χ1) is 10.7. The fourth-order valence-corrected chi connectivity index (χ4v) is 4.04. The van der Waals surface area contributed by atoms with Crippen molar-refractivity contribution in [2.24, 2.45) is 0 Å². The first-order valence-corrected chi connectivity index (χ1v) is 8.92. The number of carbonyl (C=O) groups is 2. The number of nitrogens with zero attached hydrogens (tertiary/aromatic N) is 1. The van der Waals surface area contributed by atoms with Gasteiger partial charge in [0.05, 0.1) is 0 Å². The molecule has 0 atom stereocenters. The molecule has 1 N–H and O–H groups in total. The molecule has 0 spiro atoms. The van der Waals surface area contributed by atoms with Gasteiger partial charge in [-0.3, -0.25) is 9.59 Å². The minimum atomic E-state index is 0.0481. The maximum atomic E-state index is 12.1. The Bertz CT molecular complexity index is 543. The minimum absolute atomic E-state index is 0.0481. The number of carbonyl (C=O) groups excluding carboxylic acids is 2. The lowest BCUT2D eigenvalue weighted by Crippen LogP contribution is -2.46. The summed E-state index contributed by atoms with van der Waals surface area (Å²) in [6, 6.07) is 10.5. The van der Waals surface area contributed by atoms with Gasteiger partial charge in [0.25, 0.3) is 5.24 Å². The molecule has 0 unspecified atom stereocenters. The molecule has 0 aromatic heterocycles. The van der Waals surface area contributed by atoms with E-state index < -0.39 is 0 Å². The van der Waals surface area contributed by atoms with Crippen molar-refractivity contribution in [1.82, 2.24) is 10.2 Å². The zero-order chi connectivity index (χ0) is 15.4. The van der Waals surface area contributed by atoms with Gasteiger partial charge >= 0.3 is 0 Å². The van der Waals surface area contributed by atoms with Crippen molar-refractivity contribution in [1.29, 1.82) is 0 Å². The third kappa shape index (κ3) is 3.29. The van der Waals surface area contributed by atoms with Crippen LogP contribution >= 0.6 is 11.8 Å². The largest absolute Gasteiger partial charge is 0.355 e. The third-order valence-electron chi connectivity index (χ3n) is 4.77. The molecule has 0 bridgehead atoms. The molecular weight excluding hydrogens is 296 g/mol. The highest BCUT2D eigenvalue weighted by atomic mass is 32.2. The fourth-order valence-electron chi connectivity index (χ4n) is 3.18. The first kappa shape index (κ1) is 15.4. The van der Waals surface area contributed by atoms with Crippen molar-refractivity contribution in [3.63, 3.8) is 0 Å². The standard InChI is InChI=1S/C17H22N2O2S/c20-15(7-10-19-11-12-22-16(19)21)18-13-17(8-4-9-17)14-5-2-1-3-6-14/h1-3,5-6H,4,7-13H2,(H,18,20). The Labute approximate surface area is 135 Å². The highest BCUT2D eigenvalue weighted by Gasteiger charge is 2.38. The van der Waals surface area contributed by atoms with Crippen molar-refractivity contribution in [3.8, 4) is 0 Å². The molecule has 5 heteroatoms. The second-order valence-corrected chi connectivity index (χ2v) is 7.17. The Hall–Kier alpha value is -1.49. The smallest absolute Gasteiger partial charge is 0.281 e. The molecule has 3 rings (SSSR count). The Kier molecular flexibility index (Phi) is 4.71. The van der Waals surface area contributed by atoms with E-state index in [1.807, 2.05) is 6.07 Å². The van der Waals surface area contributed by atoms with E-state index >= 15 is 0 Å². The van der Waals surface area contributed by atoms with Crippen LogP contribution in [0.4, 0.5) is 4.79 Å². The van der Waals surface area contributed by atoms with E-state index in [1.54, 1.807) is 4.90 Å². The summed E-state index contributed by atoms with van der Waals surface area (Å²) >= 11 is 1.34. The average Bonchev–Trinajstić information content (AvgIpc) is 2.90. The lowest BCUT2D eigenvalue weighted by molar-refractivity contribution is -0.121. The number of hydrogen-bond donors (Lipinski definition) is 1. The predicted molar refractivity (Wildman–Crippen MR) is 89.0 cm³/mol. The molecule has 1 aromatic carbocycles. The van der Waals surface area contributed by atoms with E-state index in [4.69, 9.17) is 0 Å². The average molecular weight is 318 g/mol. The van der Waals surface area contributed by atoms with Gasteiger partial charge in [0.1, 0.15) is 0 Å². The van der Waals surface area contributed by atoms with Crippen LogP contribution in [0.3, 0.4) is 0 Å². The number of thioether (sulfide) groups is 1. The lowest BCUT2D eigenvalue weighted by atomic mass is 9.64. The summed E-state index contributed by atoms with van der Waals surface area (Å²) in [7, 11) is 0. The SMILES string of the molecule is O=C(CCN1CCSC1=O)NCC1(c2ccccc2)CCC1. The van der Waals surface area contributed by atoms with Crippen LogP contribution in [0.1, 0.15) is 31.2 Å². The van der Waals surface area contributed by atoms with E-state index in [2.05, 4.69) is 29.6 Å². The summed E-state index contributed by atoms with van der Waals surface area (Å²) < 4.78 is 0. The van der Waals surface area contributed by atoms with E-state index in [1.165, 1.54) is 23.7 Å². The van der Waals surface area contributed by atoms with Gasteiger partial charge in [-0.1, -0.05) is 48.5 Å². The van der Waals surface area contributed by atoms with Crippen molar-refractivity contribution < 1.29 is 9.59 Å². The highest BCUT2D eigenvalue weighted by Crippen LogP contribution is 2.43. The van der Waals surface area contributed by atoms with Gasteiger partial charge in [-0.25, -0.2) is 0 Å². The van der Waals surface area contributed by atoms with Crippen LogP contribution in [0.15, 0.2) is 30.3 Å². The van der Waals surface area contributed by atoms with Crippen LogP contribution in [0.25, 0.3) is 0 Å². The Morgan fingerprint density at radius 2 is 2.05 bits per heavy atom. The number of rotatable bonds is 6. The fraction of sp³-hybridized carbons (Fsp3) is 0.529. The summed E-state index contributed by atoms with van der Waals surface area (Å²) in [4.78, 5) is 25.3. The summed E-state index contributed by atoms with van der Waals surface area (Å²) in [6.07, 6.45) is 3.90. The van der Waals surface area contributed by atoms with Crippen LogP contribution in [0.5, 0.6) is 0 Å². The molecule has 118 valence electrons. The van der Waals surface area contributed by atoms with Gasteiger partial charge in [-0.15, -0.1) is 0 Å². The zero-order valence-electron chi connectivity index (χ0n) is 12.7. The molecule has 0 radical (unpaired) electrons. The Balaban J connectivity index is 1.48. The van der Waals surface area contributed by atoms with Gasteiger partial charge in [-0.05, 0) is 18.4 Å². The molecule has 2 aliphatic rings. The molecule has 2 fully saturated rings. The third-order valence-corrected chi connectivity index (χ3v) is 5.67. The van der Waals surface area contributed by atoms with Crippen LogP contribution in [0, 0.1) is 0 Å². The van der Waals surface area contributed by atoms with Gasteiger partial charge in [-0.2, -0.15) is 0 Å². The molecule has 1 heterocycles. The normalized spacial score (nSPS) is 19.8. The van der Waals surface area contributed by atoms with E-state index in [9.17, 15) is 9.59 Å². The Morgan fingerprint density at radius 3 is 2.64 bits per heavy atom. The maximum absolute atomic E-state index is 12.1. The summed E-state index contributed by atoms with van der Waals surface area (Å²) in [5.41, 5.74) is 1.45. The highest BCUT2D eigenvalue weighted by molar-refractivity contribution is 8.13. The lowest BCUT2D eigenvalue weighted by Gasteiger charge is -2.42. The molecule has 1 saturated heterocycles. The summed E-state index contributed by atoms with van der Waals surface area (Å²) in [5, 5.41) is 3.18. The van der Waals surface area contributed by atoms with Crippen molar-refractivity contribution in [3.05, 3.63) is 35.9 Å². The van der Waals surface area contributed by atoms with E-state index in [0.717, 1.165) is 25.1 Å². The van der Waals surface area contributed by atoms with Gasteiger partial charge in [0.2, 0.25) is 5.91 Å². The molecule has 1 saturated carbocycles. The Morgan fingerprint density at radius 1 is 1.27 bits per heavy atom. The second-order valence-electron chi connectivity index (χ2n) is 6.13. The van der Waals surface area contributed by atoms with Crippen molar-refractivity contribution >= 4 is 22.9 Å². The second kappa shape index (κ2) is 6.73.